The van der Waals surface area contributed by atoms with E-state index in [2.05, 4.69) is 27.5 Å². The van der Waals surface area contributed by atoms with Crippen LogP contribution in [-0.4, -0.2) is 47.0 Å². The quantitative estimate of drug-likeness (QED) is 0.719. The SMILES string of the molecule is CCCNc1nccc(NC2(CO)CCOCC2)n1. The van der Waals surface area contributed by atoms with Gasteiger partial charge in [-0.25, -0.2) is 4.98 Å². The summed E-state index contributed by atoms with van der Waals surface area (Å²) in [5, 5.41) is 16.1. The largest absolute Gasteiger partial charge is 0.394 e. The average Bonchev–Trinajstić information content (AvgIpc) is 2.46. The first-order valence-electron chi connectivity index (χ1n) is 6.82. The second kappa shape index (κ2) is 6.68. The van der Waals surface area contributed by atoms with E-state index in [1.807, 2.05) is 6.07 Å². The number of rotatable bonds is 6. The van der Waals surface area contributed by atoms with Crippen LogP contribution in [0.15, 0.2) is 12.3 Å². The normalized spacial score (nSPS) is 18.0. The number of hydrogen-bond acceptors (Lipinski definition) is 6. The average molecular weight is 266 g/mol. The molecule has 19 heavy (non-hydrogen) atoms. The van der Waals surface area contributed by atoms with Crippen molar-refractivity contribution in [3.05, 3.63) is 12.3 Å². The standard InChI is InChI=1S/C13H22N4O2/c1-2-6-14-12-15-7-3-11(16-12)17-13(10-18)4-8-19-9-5-13/h3,7,18H,2,4-6,8-10H2,1H3,(H2,14,15,16,17). The van der Waals surface area contributed by atoms with Gasteiger partial charge in [-0.3, -0.25) is 0 Å². The third kappa shape index (κ3) is 3.78. The lowest BCUT2D eigenvalue weighted by Crippen LogP contribution is -2.47. The summed E-state index contributed by atoms with van der Waals surface area (Å²) in [6.07, 6.45) is 4.31. The van der Waals surface area contributed by atoms with Crippen molar-refractivity contribution in [2.24, 2.45) is 0 Å². The number of nitrogens with one attached hydrogen (secondary N) is 2. The molecule has 106 valence electrons. The zero-order chi connectivity index (χ0) is 13.6. The van der Waals surface area contributed by atoms with Gasteiger partial charge in [0.2, 0.25) is 5.95 Å². The van der Waals surface area contributed by atoms with Gasteiger partial charge in [-0.15, -0.1) is 0 Å². The molecule has 0 unspecified atom stereocenters. The summed E-state index contributed by atoms with van der Waals surface area (Å²) in [5.74, 6) is 1.36. The van der Waals surface area contributed by atoms with Gasteiger partial charge < -0.3 is 20.5 Å². The molecule has 1 aromatic rings. The Labute approximate surface area is 113 Å². The fraction of sp³-hybridized carbons (Fsp3) is 0.692. The first-order valence-corrected chi connectivity index (χ1v) is 6.82. The lowest BCUT2D eigenvalue weighted by atomic mass is 9.91. The highest BCUT2D eigenvalue weighted by Crippen LogP contribution is 2.24. The van der Waals surface area contributed by atoms with Crippen LogP contribution in [0.5, 0.6) is 0 Å². The summed E-state index contributed by atoms with van der Waals surface area (Å²) in [6.45, 7) is 4.36. The maximum Gasteiger partial charge on any atom is 0.224 e. The van der Waals surface area contributed by atoms with Gasteiger partial charge in [0.15, 0.2) is 0 Å². The maximum atomic E-state index is 9.64. The highest BCUT2D eigenvalue weighted by molar-refractivity contribution is 5.42. The van der Waals surface area contributed by atoms with Crippen LogP contribution in [0.25, 0.3) is 0 Å². The highest BCUT2D eigenvalue weighted by Gasteiger charge is 2.32. The first kappa shape index (κ1) is 14.0. The van der Waals surface area contributed by atoms with Gasteiger partial charge in [0, 0.05) is 26.0 Å². The van der Waals surface area contributed by atoms with E-state index in [9.17, 15) is 5.11 Å². The van der Waals surface area contributed by atoms with Crippen LogP contribution >= 0.6 is 0 Å². The van der Waals surface area contributed by atoms with Crippen molar-refractivity contribution in [2.75, 3.05) is 37.0 Å². The molecule has 0 atom stereocenters. The fourth-order valence-corrected chi connectivity index (χ4v) is 2.11. The molecular weight excluding hydrogens is 244 g/mol. The zero-order valence-corrected chi connectivity index (χ0v) is 11.4. The number of aromatic nitrogens is 2. The smallest absolute Gasteiger partial charge is 0.224 e. The van der Waals surface area contributed by atoms with Crippen molar-refractivity contribution in [3.8, 4) is 0 Å². The molecule has 0 aliphatic carbocycles. The van der Waals surface area contributed by atoms with Crippen LogP contribution in [0.3, 0.4) is 0 Å². The highest BCUT2D eigenvalue weighted by atomic mass is 16.5. The molecule has 0 amide bonds. The van der Waals surface area contributed by atoms with Gasteiger partial charge in [0.1, 0.15) is 5.82 Å². The minimum atomic E-state index is -0.325. The first-order chi connectivity index (χ1) is 9.28. The van der Waals surface area contributed by atoms with Gasteiger partial charge in [0.05, 0.1) is 12.1 Å². The molecule has 0 bridgehead atoms. The Balaban J connectivity index is 2.04. The predicted octanol–water partition coefficient (Wildman–Crippen LogP) is 1.25. The van der Waals surface area contributed by atoms with E-state index >= 15 is 0 Å². The molecule has 0 aromatic carbocycles. The van der Waals surface area contributed by atoms with Crippen LogP contribution in [0, 0.1) is 0 Å². The molecule has 1 fully saturated rings. The molecule has 6 heteroatoms. The number of ether oxygens (including phenoxy) is 1. The minimum absolute atomic E-state index is 0.0814. The molecule has 6 nitrogen and oxygen atoms in total. The number of hydrogen-bond donors (Lipinski definition) is 3. The second-order valence-corrected chi connectivity index (χ2v) is 4.87. The van der Waals surface area contributed by atoms with Gasteiger partial charge in [-0.05, 0) is 25.3 Å². The van der Waals surface area contributed by atoms with Gasteiger partial charge in [-0.2, -0.15) is 4.98 Å². The van der Waals surface area contributed by atoms with E-state index in [-0.39, 0.29) is 12.1 Å². The van der Waals surface area contributed by atoms with Crippen LogP contribution in [0.4, 0.5) is 11.8 Å². The Morgan fingerprint density at radius 2 is 2.21 bits per heavy atom. The van der Waals surface area contributed by atoms with Crippen LogP contribution in [0.1, 0.15) is 26.2 Å². The van der Waals surface area contributed by atoms with Crippen molar-refractivity contribution in [2.45, 2.75) is 31.7 Å². The van der Waals surface area contributed by atoms with Crippen molar-refractivity contribution < 1.29 is 9.84 Å². The fourth-order valence-electron chi connectivity index (χ4n) is 2.11. The Kier molecular flexibility index (Phi) is 4.93. The van der Waals surface area contributed by atoms with E-state index in [1.54, 1.807) is 6.20 Å². The van der Waals surface area contributed by atoms with E-state index in [1.165, 1.54) is 0 Å². The van der Waals surface area contributed by atoms with Gasteiger partial charge in [0.25, 0.3) is 0 Å². The minimum Gasteiger partial charge on any atom is -0.394 e. The Hall–Kier alpha value is -1.40. The number of aliphatic hydroxyl groups is 1. The van der Waals surface area contributed by atoms with Gasteiger partial charge >= 0.3 is 0 Å². The Bertz CT molecular complexity index is 394. The van der Waals surface area contributed by atoms with Crippen molar-refractivity contribution in [1.82, 2.24) is 9.97 Å². The third-order valence-corrected chi connectivity index (χ3v) is 3.33. The predicted molar refractivity (Wildman–Crippen MR) is 74.3 cm³/mol. The molecule has 0 spiro atoms. The molecule has 1 aliphatic heterocycles. The second-order valence-electron chi connectivity index (χ2n) is 4.87. The number of nitrogens with zero attached hydrogens (tertiary/aromatic N) is 2. The number of aliphatic hydroxyl groups excluding tert-OH is 1. The summed E-state index contributed by atoms with van der Waals surface area (Å²) in [4.78, 5) is 8.58. The summed E-state index contributed by atoms with van der Waals surface area (Å²) >= 11 is 0. The Morgan fingerprint density at radius 3 is 2.89 bits per heavy atom. The lowest BCUT2D eigenvalue weighted by molar-refractivity contribution is 0.0378. The summed E-state index contributed by atoms with van der Waals surface area (Å²) in [5.41, 5.74) is -0.325. The molecule has 2 rings (SSSR count). The van der Waals surface area contributed by atoms with E-state index < -0.39 is 0 Å². The number of anilines is 2. The monoisotopic (exact) mass is 266 g/mol. The summed E-state index contributed by atoms with van der Waals surface area (Å²) in [6, 6.07) is 1.82. The van der Waals surface area contributed by atoms with E-state index in [0.717, 1.165) is 31.6 Å². The molecule has 1 aliphatic rings. The molecule has 0 radical (unpaired) electrons. The van der Waals surface area contributed by atoms with Crippen LogP contribution < -0.4 is 10.6 Å². The Morgan fingerprint density at radius 1 is 1.42 bits per heavy atom. The maximum absolute atomic E-state index is 9.64. The summed E-state index contributed by atoms with van der Waals surface area (Å²) < 4.78 is 5.34. The molecule has 1 aromatic heterocycles. The van der Waals surface area contributed by atoms with Crippen LogP contribution in [-0.2, 0) is 4.74 Å². The molecule has 1 saturated heterocycles. The molecule has 0 saturated carbocycles. The lowest BCUT2D eigenvalue weighted by Gasteiger charge is -2.36. The molecule has 3 N–H and O–H groups in total. The van der Waals surface area contributed by atoms with E-state index in [4.69, 9.17) is 4.74 Å². The molecule has 2 heterocycles. The van der Waals surface area contributed by atoms with Crippen molar-refractivity contribution in [1.29, 1.82) is 0 Å². The third-order valence-electron chi connectivity index (χ3n) is 3.33. The van der Waals surface area contributed by atoms with Gasteiger partial charge in [-0.1, -0.05) is 6.92 Å². The topological polar surface area (TPSA) is 79.3 Å². The molecular formula is C13H22N4O2. The zero-order valence-electron chi connectivity index (χ0n) is 11.4. The van der Waals surface area contributed by atoms with Crippen molar-refractivity contribution in [3.63, 3.8) is 0 Å². The van der Waals surface area contributed by atoms with Crippen LogP contribution in [0.2, 0.25) is 0 Å². The van der Waals surface area contributed by atoms with E-state index in [0.29, 0.717) is 19.2 Å². The summed E-state index contributed by atoms with van der Waals surface area (Å²) in [7, 11) is 0. The van der Waals surface area contributed by atoms with Crippen molar-refractivity contribution >= 4 is 11.8 Å².